The number of carbonyl (C=O) groups is 2. The highest BCUT2D eigenvalue weighted by Gasteiger charge is 2.45. The van der Waals surface area contributed by atoms with E-state index in [2.05, 4.69) is 4.90 Å². The fourth-order valence-corrected chi connectivity index (χ4v) is 6.23. The van der Waals surface area contributed by atoms with Crippen molar-refractivity contribution >= 4 is 29.1 Å². The zero-order valence-electron chi connectivity index (χ0n) is 23.3. The quantitative estimate of drug-likeness (QED) is 0.267. The zero-order valence-corrected chi connectivity index (χ0v) is 24.0. The highest BCUT2D eigenvalue weighted by atomic mass is 35.5. The van der Waals surface area contributed by atoms with Crippen LogP contribution in [0.3, 0.4) is 0 Å². The molecule has 4 aromatic rings. The molecule has 0 unspecified atom stereocenters. The van der Waals surface area contributed by atoms with E-state index in [1.165, 1.54) is 12.1 Å². The molecule has 0 spiro atoms. The Morgan fingerprint density at radius 1 is 0.905 bits per heavy atom. The molecule has 4 aromatic carbocycles. The molecule has 0 radical (unpaired) electrons. The van der Waals surface area contributed by atoms with E-state index < -0.39 is 12.0 Å². The van der Waals surface area contributed by atoms with E-state index in [4.69, 9.17) is 16.3 Å². The van der Waals surface area contributed by atoms with Crippen LogP contribution in [0.15, 0.2) is 97.1 Å². The number of hydrogen-bond donors (Lipinski definition) is 0. The van der Waals surface area contributed by atoms with Crippen LogP contribution in [-0.2, 0) is 11.3 Å². The number of piperazine rings is 1. The molecular weight excluding hydrogens is 553 g/mol. The molecule has 2 amide bonds. The first-order valence-corrected chi connectivity index (χ1v) is 14.4. The van der Waals surface area contributed by atoms with Gasteiger partial charge in [0.2, 0.25) is 5.91 Å². The Labute approximate surface area is 249 Å². The van der Waals surface area contributed by atoms with Gasteiger partial charge in [0.15, 0.2) is 0 Å². The number of halogens is 2. The molecule has 2 aliphatic rings. The summed E-state index contributed by atoms with van der Waals surface area (Å²) in [5, 5.41) is 0.679. The van der Waals surface area contributed by atoms with Gasteiger partial charge in [-0.3, -0.25) is 9.59 Å². The summed E-state index contributed by atoms with van der Waals surface area (Å²) in [5.74, 6) is -0.459. The number of nitrogens with zero attached hydrogens (tertiary/aromatic N) is 3. The van der Waals surface area contributed by atoms with Crippen LogP contribution in [0.2, 0.25) is 5.02 Å². The standard InChI is InChI=1S/C34H31ClFN3O3/c1-42-28-15-11-24(12-16-28)32-31(34(41)38-19-17-37(18-20-38)27-6-4-5-25(35)21-27)29-7-2-3-8-30(29)33(40)39(32)22-23-9-13-26(36)14-10-23/h2-16,21,31-32H,17-20,22H2,1H3/t31-,32-/m1/s1. The van der Waals surface area contributed by atoms with Crippen molar-refractivity contribution in [3.8, 4) is 5.75 Å². The predicted octanol–water partition coefficient (Wildman–Crippen LogP) is 6.32. The number of benzene rings is 4. The molecule has 0 aromatic heterocycles. The van der Waals surface area contributed by atoms with Gasteiger partial charge in [0, 0.05) is 49.0 Å². The van der Waals surface area contributed by atoms with Gasteiger partial charge in [-0.2, -0.15) is 0 Å². The third-order valence-electron chi connectivity index (χ3n) is 8.19. The van der Waals surface area contributed by atoms with Crippen molar-refractivity contribution in [2.75, 3.05) is 38.2 Å². The SMILES string of the molecule is COc1ccc([C@@H]2[C@H](C(=O)N3CCN(c4cccc(Cl)c4)CC3)c3ccccc3C(=O)N2Cc2ccc(F)cc2)cc1. The van der Waals surface area contributed by atoms with Gasteiger partial charge in [0.05, 0.1) is 19.1 Å². The Hall–Kier alpha value is -4.36. The van der Waals surface area contributed by atoms with Crippen molar-refractivity contribution in [3.63, 3.8) is 0 Å². The maximum absolute atomic E-state index is 14.5. The molecule has 1 saturated heterocycles. The lowest BCUT2D eigenvalue weighted by atomic mass is 9.78. The summed E-state index contributed by atoms with van der Waals surface area (Å²) in [6, 6.07) is 28.2. The summed E-state index contributed by atoms with van der Waals surface area (Å²) in [5.41, 5.74) is 3.88. The first-order chi connectivity index (χ1) is 20.4. The summed E-state index contributed by atoms with van der Waals surface area (Å²) in [4.78, 5) is 34.5. The normalized spacial score (nSPS) is 18.5. The first kappa shape index (κ1) is 27.8. The van der Waals surface area contributed by atoms with Crippen LogP contribution < -0.4 is 9.64 Å². The minimum absolute atomic E-state index is 0.0226. The van der Waals surface area contributed by atoms with Crippen molar-refractivity contribution in [3.05, 3.63) is 130 Å². The van der Waals surface area contributed by atoms with Crippen LogP contribution >= 0.6 is 11.6 Å². The second-order valence-corrected chi connectivity index (χ2v) is 11.1. The molecule has 0 bridgehead atoms. The molecule has 8 heteroatoms. The number of rotatable bonds is 6. The first-order valence-electron chi connectivity index (χ1n) is 14.0. The Morgan fingerprint density at radius 2 is 1.62 bits per heavy atom. The molecule has 2 aliphatic heterocycles. The Balaban J connectivity index is 1.37. The van der Waals surface area contributed by atoms with Gasteiger partial charge >= 0.3 is 0 Å². The van der Waals surface area contributed by atoms with Crippen LogP contribution in [0.1, 0.15) is 39.0 Å². The van der Waals surface area contributed by atoms with Crippen molar-refractivity contribution in [2.45, 2.75) is 18.5 Å². The van der Waals surface area contributed by atoms with Gasteiger partial charge in [-0.15, -0.1) is 0 Å². The van der Waals surface area contributed by atoms with Gasteiger partial charge in [-0.05, 0) is 65.2 Å². The number of amides is 2. The number of anilines is 1. The number of carbonyl (C=O) groups excluding carboxylic acids is 2. The van der Waals surface area contributed by atoms with E-state index in [1.807, 2.05) is 71.6 Å². The smallest absolute Gasteiger partial charge is 0.255 e. The Kier molecular flexibility index (Phi) is 7.85. The minimum Gasteiger partial charge on any atom is -0.497 e. The zero-order chi connectivity index (χ0) is 29.2. The van der Waals surface area contributed by atoms with E-state index >= 15 is 0 Å². The molecule has 2 heterocycles. The van der Waals surface area contributed by atoms with Crippen LogP contribution in [0, 0.1) is 5.82 Å². The summed E-state index contributed by atoms with van der Waals surface area (Å²) in [6.45, 7) is 2.67. The fourth-order valence-electron chi connectivity index (χ4n) is 6.05. The third kappa shape index (κ3) is 5.44. The van der Waals surface area contributed by atoms with E-state index in [9.17, 15) is 14.0 Å². The average molecular weight is 584 g/mol. The van der Waals surface area contributed by atoms with E-state index in [-0.39, 0.29) is 24.2 Å². The van der Waals surface area contributed by atoms with Gasteiger partial charge in [0.25, 0.3) is 5.91 Å². The molecule has 2 atom stereocenters. The molecule has 42 heavy (non-hydrogen) atoms. The van der Waals surface area contributed by atoms with Gasteiger partial charge in [-0.1, -0.05) is 60.1 Å². The van der Waals surface area contributed by atoms with Crippen LogP contribution in [0.4, 0.5) is 10.1 Å². The van der Waals surface area contributed by atoms with E-state index in [0.717, 1.165) is 22.4 Å². The maximum Gasteiger partial charge on any atom is 0.255 e. The van der Waals surface area contributed by atoms with Crippen LogP contribution in [-0.4, -0.2) is 54.9 Å². The lowest BCUT2D eigenvalue weighted by Gasteiger charge is -2.45. The largest absolute Gasteiger partial charge is 0.497 e. The lowest BCUT2D eigenvalue weighted by Crippen LogP contribution is -2.53. The second-order valence-electron chi connectivity index (χ2n) is 10.6. The minimum atomic E-state index is -0.620. The van der Waals surface area contributed by atoms with E-state index in [1.54, 1.807) is 30.2 Å². The molecule has 214 valence electrons. The number of ether oxygens (including phenoxy) is 1. The summed E-state index contributed by atoms with van der Waals surface area (Å²) in [6.07, 6.45) is 0. The fraction of sp³-hybridized carbons (Fsp3) is 0.235. The highest BCUT2D eigenvalue weighted by molar-refractivity contribution is 6.30. The number of fused-ring (bicyclic) bond motifs is 1. The topological polar surface area (TPSA) is 53.1 Å². The highest BCUT2D eigenvalue weighted by Crippen LogP contribution is 2.45. The lowest BCUT2D eigenvalue weighted by molar-refractivity contribution is -0.135. The van der Waals surface area contributed by atoms with Crippen molar-refractivity contribution in [1.82, 2.24) is 9.80 Å². The molecule has 6 nitrogen and oxygen atoms in total. The van der Waals surface area contributed by atoms with Gasteiger partial charge in [-0.25, -0.2) is 4.39 Å². The second kappa shape index (κ2) is 11.9. The molecule has 0 aliphatic carbocycles. The number of hydrogen-bond acceptors (Lipinski definition) is 4. The number of methoxy groups -OCH3 is 1. The average Bonchev–Trinajstić information content (AvgIpc) is 3.03. The van der Waals surface area contributed by atoms with Crippen LogP contribution in [0.5, 0.6) is 5.75 Å². The molecule has 0 N–H and O–H groups in total. The van der Waals surface area contributed by atoms with Gasteiger partial charge in [0.1, 0.15) is 11.6 Å². The third-order valence-corrected chi connectivity index (χ3v) is 8.43. The molecule has 0 saturated carbocycles. The summed E-state index contributed by atoms with van der Waals surface area (Å²) in [7, 11) is 1.60. The van der Waals surface area contributed by atoms with Crippen molar-refractivity contribution in [2.24, 2.45) is 0 Å². The molecule has 1 fully saturated rings. The molecule has 6 rings (SSSR count). The predicted molar refractivity (Wildman–Crippen MR) is 161 cm³/mol. The van der Waals surface area contributed by atoms with Crippen LogP contribution in [0.25, 0.3) is 0 Å². The summed E-state index contributed by atoms with van der Waals surface area (Å²) < 4.78 is 19.1. The Morgan fingerprint density at radius 3 is 2.31 bits per heavy atom. The van der Waals surface area contributed by atoms with Crippen molar-refractivity contribution < 1.29 is 18.7 Å². The van der Waals surface area contributed by atoms with Crippen molar-refractivity contribution in [1.29, 1.82) is 0 Å². The maximum atomic E-state index is 14.5. The van der Waals surface area contributed by atoms with Gasteiger partial charge < -0.3 is 19.4 Å². The monoisotopic (exact) mass is 583 g/mol. The Bertz CT molecular complexity index is 1590. The summed E-state index contributed by atoms with van der Waals surface area (Å²) >= 11 is 6.23. The molecular formula is C34H31ClFN3O3. The van der Waals surface area contributed by atoms with E-state index in [0.29, 0.717) is 42.5 Å².